The molecule has 0 radical (unpaired) electrons. The van der Waals surface area contributed by atoms with Crippen molar-refractivity contribution in [3.63, 3.8) is 0 Å². The zero-order chi connectivity index (χ0) is 13.8. The van der Waals surface area contributed by atoms with Gasteiger partial charge in [-0.25, -0.2) is 4.98 Å². The first-order valence-corrected chi connectivity index (χ1v) is 6.66. The Bertz CT molecular complexity index is 672. The summed E-state index contributed by atoms with van der Waals surface area (Å²) in [4.78, 5) is 4.48. The number of aromatic amines is 1. The fraction of sp³-hybridized carbons (Fsp3) is 0.267. The van der Waals surface area contributed by atoms with Crippen molar-refractivity contribution >= 4 is 0 Å². The Hall–Kier alpha value is -2.43. The molecule has 20 heavy (non-hydrogen) atoms. The monoisotopic (exact) mass is 268 g/mol. The topological polar surface area (TPSA) is 67.6 Å². The van der Waals surface area contributed by atoms with Crippen molar-refractivity contribution in [2.24, 2.45) is 0 Å². The van der Waals surface area contributed by atoms with Gasteiger partial charge in [0, 0.05) is 12.5 Å². The van der Waals surface area contributed by atoms with E-state index in [1.807, 2.05) is 31.2 Å². The van der Waals surface area contributed by atoms with Gasteiger partial charge in [0.05, 0.1) is 12.1 Å². The van der Waals surface area contributed by atoms with E-state index in [1.54, 1.807) is 0 Å². The first kappa shape index (κ1) is 12.6. The fourth-order valence-corrected chi connectivity index (χ4v) is 2.09. The van der Waals surface area contributed by atoms with Crippen LogP contribution >= 0.6 is 0 Å². The average molecular weight is 268 g/mol. The zero-order valence-corrected chi connectivity index (χ0v) is 11.3. The number of nitrogens with zero attached hydrogens (tertiary/aromatic N) is 3. The van der Waals surface area contributed by atoms with Gasteiger partial charge >= 0.3 is 0 Å². The molecular formula is C15H16N4O. The highest BCUT2D eigenvalue weighted by Gasteiger charge is 2.07. The lowest BCUT2D eigenvalue weighted by Gasteiger charge is -1.96. The SMILES string of the molecule is Cc1cc(Cc2nc(CCc3ccccc3)n[nH]2)on1. The first-order valence-electron chi connectivity index (χ1n) is 6.66. The maximum absolute atomic E-state index is 5.17. The highest BCUT2D eigenvalue weighted by atomic mass is 16.5. The van der Waals surface area contributed by atoms with Gasteiger partial charge in [0.2, 0.25) is 0 Å². The fourth-order valence-electron chi connectivity index (χ4n) is 2.09. The van der Waals surface area contributed by atoms with Gasteiger partial charge in [0.1, 0.15) is 11.6 Å². The lowest BCUT2D eigenvalue weighted by molar-refractivity contribution is 0.384. The van der Waals surface area contributed by atoms with Gasteiger partial charge < -0.3 is 4.52 Å². The Balaban J connectivity index is 1.59. The summed E-state index contributed by atoms with van der Waals surface area (Å²) in [6.07, 6.45) is 2.37. The molecule has 0 saturated heterocycles. The van der Waals surface area contributed by atoms with E-state index in [0.29, 0.717) is 6.42 Å². The van der Waals surface area contributed by atoms with E-state index in [2.05, 4.69) is 32.5 Å². The van der Waals surface area contributed by atoms with Crippen molar-refractivity contribution < 1.29 is 4.52 Å². The molecule has 0 aliphatic carbocycles. The maximum Gasteiger partial charge on any atom is 0.151 e. The second-order valence-electron chi connectivity index (χ2n) is 4.80. The minimum Gasteiger partial charge on any atom is -0.361 e. The van der Waals surface area contributed by atoms with Gasteiger partial charge in [-0.05, 0) is 18.9 Å². The van der Waals surface area contributed by atoms with E-state index in [9.17, 15) is 0 Å². The van der Waals surface area contributed by atoms with Crippen molar-refractivity contribution in [3.05, 3.63) is 65.1 Å². The van der Waals surface area contributed by atoms with Crippen LogP contribution in [0.4, 0.5) is 0 Å². The molecule has 5 nitrogen and oxygen atoms in total. The molecule has 0 bridgehead atoms. The van der Waals surface area contributed by atoms with Gasteiger partial charge in [-0.2, -0.15) is 5.10 Å². The molecule has 0 saturated carbocycles. The Labute approximate surface area is 117 Å². The zero-order valence-electron chi connectivity index (χ0n) is 11.3. The minimum absolute atomic E-state index is 0.596. The summed E-state index contributed by atoms with van der Waals surface area (Å²) >= 11 is 0. The summed E-state index contributed by atoms with van der Waals surface area (Å²) in [5.74, 6) is 2.44. The quantitative estimate of drug-likeness (QED) is 0.772. The van der Waals surface area contributed by atoms with E-state index >= 15 is 0 Å². The Kier molecular flexibility index (Phi) is 3.58. The van der Waals surface area contributed by atoms with Crippen molar-refractivity contribution in [1.82, 2.24) is 20.3 Å². The molecule has 5 heteroatoms. The van der Waals surface area contributed by atoms with Crippen molar-refractivity contribution in [1.29, 1.82) is 0 Å². The first-order chi connectivity index (χ1) is 9.79. The second-order valence-corrected chi connectivity index (χ2v) is 4.80. The number of hydrogen-bond acceptors (Lipinski definition) is 4. The molecular weight excluding hydrogens is 252 g/mol. The molecule has 0 atom stereocenters. The van der Waals surface area contributed by atoms with Gasteiger partial charge in [-0.15, -0.1) is 0 Å². The van der Waals surface area contributed by atoms with Gasteiger partial charge in [0.15, 0.2) is 5.82 Å². The third-order valence-electron chi connectivity index (χ3n) is 3.08. The van der Waals surface area contributed by atoms with Crippen LogP contribution in [0.5, 0.6) is 0 Å². The van der Waals surface area contributed by atoms with E-state index in [4.69, 9.17) is 4.52 Å². The van der Waals surface area contributed by atoms with Crippen molar-refractivity contribution in [3.8, 4) is 0 Å². The smallest absolute Gasteiger partial charge is 0.151 e. The largest absolute Gasteiger partial charge is 0.361 e. The second kappa shape index (κ2) is 5.69. The van der Waals surface area contributed by atoms with Crippen LogP contribution in [0.2, 0.25) is 0 Å². The number of aryl methyl sites for hydroxylation is 3. The van der Waals surface area contributed by atoms with Crippen molar-refractivity contribution in [2.75, 3.05) is 0 Å². The molecule has 2 heterocycles. The van der Waals surface area contributed by atoms with Crippen LogP contribution in [0.15, 0.2) is 40.9 Å². The summed E-state index contributed by atoms with van der Waals surface area (Å²) in [6, 6.07) is 12.3. The Morgan fingerprint density at radius 2 is 2.00 bits per heavy atom. The molecule has 0 spiro atoms. The molecule has 3 rings (SSSR count). The van der Waals surface area contributed by atoms with E-state index < -0.39 is 0 Å². The minimum atomic E-state index is 0.596. The predicted octanol–water partition coefficient (Wildman–Crippen LogP) is 2.48. The van der Waals surface area contributed by atoms with Crippen LogP contribution in [0.1, 0.15) is 28.7 Å². The van der Waals surface area contributed by atoms with Gasteiger partial charge in [-0.1, -0.05) is 35.5 Å². The summed E-state index contributed by atoms with van der Waals surface area (Å²) in [6.45, 7) is 1.90. The summed E-state index contributed by atoms with van der Waals surface area (Å²) in [5.41, 5.74) is 2.17. The number of aromatic nitrogens is 4. The highest BCUT2D eigenvalue weighted by molar-refractivity contribution is 5.15. The lowest BCUT2D eigenvalue weighted by Crippen LogP contribution is -1.94. The van der Waals surface area contributed by atoms with E-state index in [0.717, 1.165) is 35.9 Å². The van der Waals surface area contributed by atoms with Crippen LogP contribution in [0.25, 0.3) is 0 Å². The van der Waals surface area contributed by atoms with Crippen LogP contribution in [0, 0.1) is 6.92 Å². The summed E-state index contributed by atoms with van der Waals surface area (Å²) in [5, 5.41) is 11.0. The number of rotatable bonds is 5. The molecule has 3 aromatic rings. The third kappa shape index (κ3) is 3.12. The normalized spacial score (nSPS) is 10.8. The Morgan fingerprint density at radius 1 is 1.15 bits per heavy atom. The molecule has 0 amide bonds. The molecule has 102 valence electrons. The van der Waals surface area contributed by atoms with Crippen LogP contribution in [-0.2, 0) is 19.3 Å². The molecule has 0 aliphatic rings. The summed E-state index contributed by atoms with van der Waals surface area (Å²) < 4.78 is 5.17. The lowest BCUT2D eigenvalue weighted by atomic mass is 10.1. The average Bonchev–Trinajstić information content (AvgIpc) is 3.08. The molecule has 0 fully saturated rings. The van der Waals surface area contributed by atoms with Crippen LogP contribution < -0.4 is 0 Å². The Morgan fingerprint density at radius 3 is 2.75 bits per heavy atom. The number of hydrogen-bond donors (Lipinski definition) is 1. The standard InChI is InChI=1S/C15H16N4O/c1-11-9-13(20-19-11)10-15-16-14(17-18-15)8-7-12-5-3-2-4-6-12/h2-6,9H,7-8,10H2,1H3,(H,16,17,18). The molecule has 1 aromatic carbocycles. The maximum atomic E-state index is 5.17. The molecule has 0 aliphatic heterocycles. The van der Waals surface area contributed by atoms with Crippen molar-refractivity contribution in [2.45, 2.75) is 26.2 Å². The molecule has 2 aromatic heterocycles. The van der Waals surface area contributed by atoms with E-state index in [1.165, 1.54) is 5.56 Å². The van der Waals surface area contributed by atoms with Gasteiger partial charge in [-0.3, -0.25) is 5.10 Å². The number of nitrogens with one attached hydrogen (secondary N) is 1. The van der Waals surface area contributed by atoms with Crippen LogP contribution in [0.3, 0.4) is 0 Å². The third-order valence-corrected chi connectivity index (χ3v) is 3.08. The highest BCUT2D eigenvalue weighted by Crippen LogP contribution is 2.08. The van der Waals surface area contributed by atoms with E-state index in [-0.39, 0.29) is 0 Å². The molecule has 0 unspecified atom stereocenters. The predicted molar refractivity (Wildman–Crippen MR) is 74.3 cm³/mol. The van der Waals surface area contributed by atoms with Gasteiger partial charge in [0.25, 0.3) is 0 Å². The van der Waals surface area contributed by atoms with Crippen LogP contribution in [-0.4, -0.2) is 20.3 Å². The molecule has 1 N–H and O–H groups in total. The number of H-pyrrole nitrogens is 1. The number of benzene rings is 1. The summed E-state index contributed by atoms with van der Waals surface area (Å²) in [7, 11) is 0.